The Morgan fingerprint density at radius 1 is 1.10 bits per heavy atom. The minimum Gasteiger partial charge on any atom is -0.497 e. The Morgan fingerprint density at radius 2 is 1.83 bits per heavy atom. The van der Waals surface area contributed by atoms with Gasteiger partial charge in [0, 0.05) is 26.7 Å². The van der Waals surface area contributed by atoms with E-state index >= 15 is 0 Å². The van der Waals surface area contributed by atoms with Crippen LogP contribution in [0, 0.1) is 0 Å². The van der Waals surface area contributed by atoms with E-state index in [0.717, 1.165) is 5.56 Å². The van der Waals surface area contributed by atoms with E-state index in [0.29, 0.717) is 37.8 Å². The number of carbonyl (C=O) groups excluding carboxylic acids is 1. The van der Waals surface area contributed by atoms with Gasteiger partial charge < -0.3 is 19.1 Å². The molecule has 1 aliphatic rings. The first-order valence-electron chi connectivity index (χ1n) is 9.51. The van der Waals surface area contributed by atoms with Crippen molar-refractivity contribution in [3.05, 3.63) is 53.6 Å². The van der Waals surface area contributed by atoms with Gasteiger partial charge in [-0.05, 0) is 35.9 Å². The minimum absolute atomic E-state index is 0.0327. The Morgan fingerprint density at radius 3 is 2.50 bits per heavy atom. The zero-order chi connectivity index (χ0) is 21.7. The Hall–Kier alpha value is -2.62. The highest BCUT2D eigenvalue weighted by atomic mass is 32.2. The molecule has 0 spiro atoms. The zero-order valence-corrected chi connectivity index (χ0v) is 18.1. The van der Waals surface area contributed by atoms with Gasteiger partial charge in [0.1, 0.15) is 11.5 Å². The summed E-state index contributed by atoms with van der Waals surface area (Å²) >= 11 is 0. The van der Waals surface area contributed by atoms with E-state index in [-0.39, 0.29) is 22.9 Å². The molecule has 0 radical (unpaired) electrons. The second kappa shape index (κ2) is 9.46. The number of methoxy groups -OCH3 is 2. The molecule has 1 fully saturated rings. The second-order valence-electron chi connectivity index (χ2n) is 6.88. The van der Waals surface area contributed by atoms with Crippen LogP contribution in [0.15, 0.2) is 47.4 Å². The summed E-state index contributed by atoms with van der Waals surface area (Å²) < 4.78 is 43.3. The zero-order valence-electron chi connectivity index (χ0n) is 17.3. The van der Waals surface area contributed by atoms with Crippen molar-refractivity contribution in [3.8, 4) is 11.5 Å². The van der Waals surface area contributed by atoms with E-state index in [1.54, 1.807) is 30.2 Å². The van der Waals surface area contributed by atoms with Crippen molar-refractivity contribution in [2.45, 2.75) is 11.4 Å². The molecule has 30 heavy (non-hydrogen) atoms. The van der Waals surface area contributed by atoms with Gasteiger partial charge in [0.25, 0.3) is 5.91 Å². The summed E-state index contributed by atoms with van der Waals surface area (Å²) in [6, 6.07) is 11.6. The third-order valence-electron chi connectivity index (χ3n) is 4.95. The van der Waals surface area contributed by atoms with E-state index in [9.17, 15) is 13.2 Å². The first-order valence-corrected chi connectivity index (χ1v) is 10.9. The summed E-state index contributed by atoms with van der Waals surface area (Å²) in [4.78, 5) is 14.6. The van der Waals surface area contributed by atoms with Crippen molar-refractivity contribution in [2.24, 2.45) is 0 Å². The fourth-order valence-electron chi connectivity index (χ4n) is 3.24. The Balaban J connectivity index is 1.88. The fourth-order valence-corrected chi connectivity index (χ4v) is 4.43. The number of hydrogen-bond acceptors (Lipinski definition) is 6. The van der Waals surface area contributed by atoms with Crippen molar-refractivity contribution in [2.75, 3.05) is 47.6 Å². The van der Waals surface area contributed by atoms with E-state index in [1.165, 1.54) is 36.7 Å². The summed E-state index contributed by atoms with van der Waals surface area (Å²) in [6.07, 6.45) is 0. The summed E-state index contributed by atoms with van der Waals surface area (Å²) in [5.41, 5.74) is 1.01. The Labute approximate surface area is 177 Å². The van der Waals surface area contributed by atoms with Crippen LogP contribution in [0.25, 0.3) is 0 Å². The van der Waals surface area contributed by atoms with Crippen LogP contribution >= 0.6 is 0 Å². The van der Waals surface area contributed by atoms with Gasteiger partial charge in [-0.2, -0.15) is 4.31 Å². The molecule has 0 aliphatic carbocycles. The number of amides is 1. The lowest BCUT2D eigenvalue weighted by atomic mass is 10.1. The predicted octanol–water partition coefficient (Wildman–Crippen LogP) is 2.00. The first kappa shape index (κ1) is 22.1. The molecule has 0 bridgehead atoms. The number of ether oxygens (including phenoxy) is 3. The van der Waals surface area contributed by atoms with Crippen LogP contribution in [0.1, 0.15) is 15.9 Å². The lowest BCUT2D eigenvalue weighted by Gasteiger charge is -2.27. The summed E-state index contributed by atoms with van der Waals surface area (Å²) in [5.74, 6) is 0.713. The molecular formula is C21H26N2O6S. The maximum Gasteiger partial charge on any atom is 0.257 e. The minimum atomic E-state index is -3.83. The molecule has 0 unspecified atom stereocenters. The lowest BCUT2D eigenvalue weighted by molar-refractivity contribution is 0.0300. The molecule has 0 N–H and O–H groups in total. The molecule has 1 amide bonds. The highest BCUT2D eigenvalue weighted by molar-refractivity contribution is 7.89. The van der Waals surface area contributed by atoms with Crippen LogP contribution in [-0.4, -0.2) is 71.1 Å². The average Bonchev–Trinajstić information content (AvgIpc) is 2.78. The fraction of sp³-hybridized carbons (Fsp3) is 0.381. The number of sulfonamides is 1. The Bertz CT molecular complexity index is 1000. The van der Waals surface area contributed by atoms with E-state index < -0.39 is 10.0 Å². The maximum absolute atomic E-state index is 13.2. The van der Waals surface area contributed by atoms with Gasteiger partial charge in [0.15, 0.2) is 0 Å². The van der Waals surface area contributed by atoms with Crippen LogP contribution in [0.5, 0.6) is 11.5 Å². The van der Waals surface area contributed by atoms with Crippen molar-refractivity contribution < 1.29 is 27.4 Å². The molecule has 8 nitrogen and oxygen atoms in total. The summed E-state index contributed by atoms with van der Waals surface area (Å²) in [5, 5.41) is 0. The highest BCUT2D eigenvalue weighted by Gasteiger charge is 2.27. The molecule has 1 saturated heterocycles. The lowest BCUT2D eigenvalue weighted by Crippen LogP contribution is -2.40. The molecule has 0 aromatic heterocycles. The molecule has 0 atom stereocenters. The normalized spacial score (nSPS) is 14.6. The van der Waals surface area contributed by atoms with E-state index in [1.807, 2.05) is 6.07 Å². The van der Waals surface area contributed by atoms with Gasteiger partial charge in [0.2, 0.25) is 10.0 Å². The largest absolute Gasteiger partial charge is 0.497 e. The third kappa shape index (κ3) is 4.75. The van der Waals surface area contributed by atoms with Crippen LogP contribution in [0.3, 0.4) is 0 Å². The average molecular weight is 435 g/mol. The quantitative estimate of drug-likeness (QED) is 0.663. The summed E-state index contributed by atoms with van der Waals surface area (Å²) in [6.45, 7) is 1.98. The summed E-state index contributed by atoms with van der Waals surface area (Å²) in [7, 11) is 0.688. The molecular weight excluding hydrogens is 408 g/mol. The van der Waals surface area contributed by atoms with Gasteiger partial charge in [-0.25, -0.2) is 8.42 Å². The SMILES string of the molecule is COc1cccc(CN(C)S(=O)(=O)c2ccc(OC)c(C(=O)N3CCOCC3)c2)c1. The number of carbonyl (C=O) groups is 1. The standard InChI is InChI=1S/C21H26N2O6S/c1-22(15-16-5-4-6-17(13-16)27-2)30(25,26)18-7-8-20(28-3)19(14-18)21(24)23-9-11-29-12-10-23/h4-8,13-14H,9-12,15H2,1-3H3. The van der Waals surface area contributed by atoms with E-state index in [4.69, 9.17) is 14.2 Å². The van der Waals surface area contributed by atoms with Crippen molar-refractivity contribution >= 4 is 15.9 Å². The van der Waals surface area contributed by atoms with Crippen molar-refractivity contribution in [3.63, 3.8) is 0 Å². The molecule has 1 heterocycles. The topological polar surface area (TPSA) is 85.4 Å². The molecule has 2 aromatic carbocycles. The molecule has 3 rings (SSSR count). The second-order valence-corrected chi connectivity index (χ2v) is 8.92. The molecule has 9 heteroatoms. The van der Waals surface area contributed by atoms with Gasteiger partial charge in [0.05, 0.1) is 37.9 Å². The van der Waals surface area contributed by atoms with Gasteiger partial charge in [-0.1, -0.05) is 12.1 Å². The number of nitrogens with zero attached hydrogens (tertiary/aromatic N) is 2. The highest BCUT2D eigenvalue weighted by Crippen LogP contribution is 2.27. The molecule has 162 valence electrons. The molecule has 2 aromatic rings. The van der Waals surface area contributed by atoms with Crippen LogP contribution in [0.2, 0.25) is 0 Å². The number of hydrogen-bond donors (Lipinski definition) is 0. The van der Waals surface area contributed by atoms with Crippen LogP contribution in [0.4, 0.5) is 0 Å². The monoisotopic (exact) mass is 434 g/mol. The first-order chi connectivity index (χ1) is 14.4. The van der Waals surface area contributed by atoms with Gasteiger partial charge >= 0.3 is 0 Å². The molecule has 0 saturated carbocycles. The number of benzene rings is 2. The Kier molecular flexibility index (Phi) is 6.96. The number of rotatable bonds is 7. The van der Waals surface area contributed by atoms with Crippen LogP contribution in [-0.2, 0) is 21.3 Å². The van der Waals surface area contributed by atoms with Crippen molar-refractivity contribution in [1.82, 2.24) is 9.21 Å². The van der Waals surface area contributed by atoms with E-state index in [2.05, 4.69) is 0 Å². The third-order valence-corrected chi connectivity index (χ3v) is 6.75. The predicted molar refractivity (Wildman–Crippen MR) is 111 cm³/mol. The van der Waals surface area contributed by atoms with Crippen LogP contribution < -0.4 is 9.47 Å². The smallest absolute Gasteiger partial charge is 0.257 e. The van der Waals surface area contributed by atoms with Crippen molar-refractivity contribution in [1.29, 1.82) is 0 Å². The maximum atomic E-state index is 13.2. The number of morpholine rings is 1. The molecule has 1 aliphatic heterocycles. The van der Waals surface area contributed by atoms with Gasteiger partial charge in [-0.15, -0.1) is 0 Å². The van der Waals surface area contributed by atoms with Gasteiger partial charge in [-0.3, -0.25) is 4.79 Å².